The average Bonchev–Trinajstić information content (AvgIpc) is 2.48. The Kier molecular flexibility index (Phi) is 4.84. The molecule has 8 nitrogen and oxygen atoms in total. The number of aromatic nitrogens is 6. The van der Waals surface area contributed by atoms with Crippen LogP contribution in [0.4, 0.5) is 5.95 Å². The third-order valence-corrected chi connectivity index (χ3v) is 3.73. The Bertz CT molecular complexity index is 814. The van der Waals surface area contributed by atoms with Crippen molar-refractivity contribution in [2.24, 2.45) is 5.73 Å². The van der Waals surface area contributed by atoms with Gasteiger partial charge in [-0.25, -0.2) is 9.97 Å². The van der Waals surface area contributed by atoms with Crippen LogP contribution in [0.2, 0.25) is 21.1 Å². The first-order chi connectivity index (χ1) is 11.3. The van der Waals surface area contributed by atoms with Crippen molar-refractivity contribution in [3.63, 3.8) is 0 Å². The normalized spacial score (nSPS) is 20.0. The molecule has 2 aromatic heterocycles. The number of nitrogens with one attached hydrogen (secondary N) is 1. The first kappa shape index (κ1) is 17.2. The fraction of sp³-hybridized carbons (Fsp3) is 0.167. The van der Waals surface area contributed by atoms with E-state index in [1.165, 1.54) is 0 Å². The molecule has 124 valence electrons. The summed E-state index contributed by atoms with van der Waals surface area (Å²) in [4.78, 5) is 23.3. The second kappa shape index (κ2) is 6.73. The van der Waals surface area contributed by atoms with Gasteiger partial charge in [0.2, 0.25) is 27.1 Å². The molecule has 0 radical (unpaired) electrons. The van der Waals surface area contributed by atoms with Gasteiger partial charge in [0.15, 0.2) is 5.82 Å². The van der Waals surface area contributed by atoms with E-state index in [1.54, 1.807) is 12.2 Å². The smallest absolute Gasteiger partial charge is 0.232 e. The lowest BCUT2D eigenvalue weighted by Crippen LogP contribution is -2.37. The van der Waals surface area contributed by atoms with Crippen molar-refractivity contribution < 1.29 is 0 Å². The number of allylic oxidation sites excluding steroid dienone is 1. The Labute approximate surface area is 156 Å². The lowest BCUT2D eigenvalue weighted by molar-refractivity contribution is 0.520. The second-order valence-electron chi connectivity index (χ2n) is 4.76. The highest BCUT2D eigenvalue weighted by atomic mass is 35.5. The van der Waals surface area contributed by atoms with Crippen LogP contribution >= 0.6 is 46.4 Å². The van der Waals surface area contributed by atoms with Crippen molar-refractivity contribution in [1.82, 2.24) is 29.9 Å². The van der Waals surface area contributed by atoms with Crippen molar-refractivity contribution in [3.05, 3.63) is 50.9 Å². The predicted octanol–water partition coefficient (Wildman–Crippen LogP) is 2.78. The monoisotopic (exact) mass is 404 g/mol. The van der Waals surface area contributed by atoms with Crippen molar-refractivity contribution in [2.75, 3.05) is 5.32 Å². The number of halogens is 4. The van der Waals surface area contributed by atoms with Crippen molar-refractivity contribution in [3.8, 4) is 0 Å². The van der Waals surface area contributed by atoms with E-state index >= 15 is 0 Å². The summed E-state index contributed by atoms with van der Waals surface area (Å²) in [5.74, 6) is 0.483. The van der Waals surface area contributed by atoms with Gasteiger partial charge in [0.05, 0.1) is 5.54 Å². The molecule has 0 spiro atoms. The molecule has 3 N–H and O–H groups in total. The van der Waals surface area contributed by atoms with E-state index < -0.39 is 5.54 Å². The average molecular weight is 406 g/mol. The molecule has 0 amide bonds. The summed E-state index contributed by atoms with van der Waals surface area (Å²) < 4.78 is 0. The Balaban J connectivity index is 1.79. The minimum absolute atomic E-state index is 0.0134. The van der Waals surface area contributed by atoms with Crippen LogP contribution < -0.4 is 11.1 Å². The highest BCUT2D eigenvalue weighted by molar-refractivity contribution is 6.31. The molecule has 3 rings (SSSR count). The zero-order valence-electron chi connectivity index (χ0n) is 11.7. The van der Waals surface area contributed by atoms with Crippen LogP contribution in [-0.4, -0.2) is 29.9 Å². The van der Waals surface area contributed by atoms with Gasteiger partial charge in [-0.3, -0.25) is 0 Å². The minimum Gasteiger partial charge on any atom is -0.324 e. The number of hydrogen-bond acceptors (Lipinski definition) is 8. The van der Waals surface area contributed by atoms with Gasteiger partial charge >= 0.3 is 0 Å². The second-order valence-corrected chi connectivity index (χ2v) is 6.11. The molecule has 0 saturated heterocycles. The summed E-state index contributed by atoms with van der Waals surface area (Å²) in [6.07, 6.45) is 5.63. The summed E-state index contributed by atoms with van der Waals surface area (Å²) in [7, 11) is 0. The topological polar surface area (TPSA) is 115 Å². The predicted molar refractivity (Wildman–Crippen MR) is 91.0 cm³/mol. The van der Waals surface area contributed by atoms with Gasteiger partial charge < -0.3 is 11.1 Å². The fourth-order valence-corrected chi connectivity index (χ4v) is 2.68. The van der Waals surface area contributed by atoms with Crippen molar-refractivity contribution in [2.45, 2.75) is 12.0 Å². The van der Waals surface area contributed by atoms with Crippen LogP contribution in [0.25, 0.3) is 0 Å². The van der Waals surface area contributed by atoms with Gasteiger partial charge in [-0.05, 0) is 58.9 Å². The molecule has 0 bridgehead atoms. The zero-order chi connectivity index (χ0) is 17.3. The molecule has 1 atom stereocenters. The van der Waals surface area contributed by atoms with Gasteiger partial charge in [-0.2, -0.15) is 19.9 Å². The molecule has 2 aromatic rings. The third-order valence-electron chi connectivity index (χ3n) is 3.05. The summed E-state index contributed by atoms with van der Waals surface area (Å²) in [5, 5.41) is 2.88. The standard InChI is InChI=1S/C12H8Cl4N8/c13-7-19-6(20-8(14)21-7)12(17)3-1-5(2-4-12)18-11-23-9(15)22-10(16)24-11/h1-3H,4,17H2,(H,18,22,23,24). The molecule has 0 aromatic carbocycles. The van der Waals surface area contributed by atoms with E-state index in [1.807, 2.05) is 6.08 Å². The van der Waals surface area contributed by atoms with Crippen LogP contribution in [0.3, 0.4) is 0 Å². The molecule has 1 unspecified atom stereocenters. The maximum absolute atomic E-state index is 6.31. The van der Waals surface area contributed by atoms with E-state index in [0.29, 0.717) is 12.1 Å². The fourth-order valence-electron chi connectivity index (χ4n) is 1.96. The number of nitrogens with zero attached hydrogens (tertiary/aromatic N) is 6. The van der Waals surface area contributed by atoms with Gasteiger partial charge in [-0.15, -0.1) is 0 Å². The Hall–Kier alpha value is -1.58. The highest BCUT2D eigenvalue weighted by Gasteiger charge is 2.30. The van der Waals surface area contributed by atoms with Gasteiger partial charge in [0.1, 0.15) is 0 Å². The van der Waals surface area contributed by atoms with E-state index in [4.69, 9.17) is 52.1 Å². The maximum Gasteiger partial charge on any atom is 0.232 e. The number of anilines is 1. The van der Waals surface area contributed by atoms with Crippen LogP contribution in [0.1, 0.15) is 12.2 Å². The first-order valence-corrected chi connectivity index (χ1v) is 7.95. The molecular formula is C12H8Cl4N8. The minimum atomic E-state index is -0.963. The van der Waals surface area contributed by atoms with Crippen LogP contribution in [-0.2, 0) is 5.54 Å². The van der Waals surface area contributed by atoms with Crippen LogP contribution in [0.15, 0.2) is 23.9 Å². The summed E-state index contributed by atoms with van der Waals surface area (Å²) in [6, 6.07) is 0. The Morgan fingerprint density at radius 2 is 1.42 bits per heavy atom. The summed E-state index contributed by atoms with van der Waals surface area (Å²) in [5.41, 5.74) is 6.04. The quantitative estimate of drug-likeness (QED) is 0.800. The van der Waals surface area contributed by atoms with Crippen LogP contribution in [0.5, 0.6) is 0 Å². The first-order valence-electron chi connectivity index (χ1n) is 6.44. The number of hydrogen-bond donors (Lipinski definition) is 2. The molecule has 0 aliphatic heterocycles. The highest BCUT2D eigenvalue weighted by Crippen LogP contribution is 2.28. The molecule has 0 fully saturated rings. The van der Waals surface area contributed by atoms with Crippen LogP contribution in [0, 0.1) is 0 Å². The van der Waals surface area contributed by atoms with E-state index in [-0.39, 0.29) is 32.9 Å². The van der Waals surface area contributed by atoms with Crippen molar-refractivity contribution >= 4 is 52.4 Å². The lowest BCUT2D eigenvalue weighted by Gasteiger charge is -2.26. The maximum atomic E-state index is 6.31. The molecule has 1 aliphatic carbocycles. The molecule has 1 aliphatic rings. The van der Waals surface area contributed by atoms with Gasteiger partial charge in [0.25, 0.3) is 0 Å². The Morgan fingerprint density at radius 1 is 0.875 bits per heavy atom. The van der Waals surface area contributed by atoms with Crippen molar-refractivity contribution in [1.29, 1.82) is 0 Å². The summed E-state index contributed by atoms with van der Waals surface area (Å²) >= 11 is 23.1. The largest absolute Gasteiger partial charge is 0.324 e. The van der Waals surface area contributed by atoms with Gasteiger partial charge in [0, 0.05) is 5.70 Å². The molecule has 12 heteroatoms. The summed E-state index contributed by atoms with van der Waals surface area (Å²) in [6.45, 7) is 0. The molecule has 0 saturated carbocycles. The molecule has 24 heavy (non-hydrogen) atoms. The van der Waals surface area contributed by atoms with Gasteiger partial charge in [-0.1, -0.05) is 12.2 Å². The zero-order valence-corrected chi connectivity index (χ0v) is 14.7. The lowest BCUT2D eigenvalue weighted by atomic mass is 9.90. The number of rotatable bonds is 3. The third kappa shape index (κ3) is 3.90. The van der Waals surface area contributed by atoms with E-state index in [9.17, 15) is 0 Å². The Morgan fingerprint density at radius 3 is 1.92 bits per heavy atom. The molecular weight excluding hydrogens is 398 g/mol. The van der Waals surface area contributed by atoms with E-state index in [2.05, 4.69) is 35.2 Å². The molecule has 2 heterocycles. The SMILES string of the molecule is NC1(c2nc(Cl)nc(Cl)n2)C=CC(Nc2nc(Cl)nc(Cl)n2)=CC1. The van der Waals surface area contributed by atoms with E-state index in [0.717, 1.165) is 0 Å². The number of nitrogens with two attached hydrogens (primary N) is 1.